The zero-order valence-electron chi connectivity index (χ0n) is 9.64. The second-order valence-corrected chi connectivity index (χ2v) is 4.30. The second-order valence-electron chi connectivity index (χ2n) is 4.30. The summed E-state index contributed by atoms with van der Waals surface area (Å²) in [5.74, 6) is 0.358. The largest absolute Gasteiger partial charge is 0.387 e. The summed E-state index contributed by atoms with van der Waals surface area (Å²) in [5, 5.41) is 12.7. The average molecular weight is 236 g/mol. The monoisotopic (exact) mass is 236 g/mol. The van der Waals surface area contributed by atoms with E-state index in [0.717, 1.165) is 5.56 Å². The fourth-order valence-corrected chi connectivity index (χ4v) is 1.57. The van der Waals surface area contributed by atoms with Crippen molar-refractivity contribution in [2.24, 2.45) is 0 Å². The van der Waals surface area contributed by atoms with Crippen LogP contribution < -0.4 is 0 Å². The predicted molar refractivity (Wildman–Crippen MR) is 58.7 cm³/mol. The molecule has 0 amide bonds. The first-order valence-corrected chi connectivity index (χ1v) is 5.24. The smallest absolute Gasteiger partial charge is 0.252 e. The molecule has 1 aromatic heterocycles. The lowest BCUT2D eigenvalue weighted by molar-refractivity contribution is 0.222. The Kier molecular flexibility index (Phi) is 2.93. The van der Waals surface area contributed by atoms with E-state index >= 15 is 0 Å². The normalized spacial score (nSPS) is 11.8. The average Bonchev–Trinajstić information content (AvgIpc) is 2.78. The van der Waals surface area contributed by atoms with Crippen LogP contribution in [0.4, 0.5) is 4.39 Å². The van der Waals surface area contributed by atoms with Crippen LogP contribution in [0.2, 0.25) is 0 Å². The Morgan fingerprint density at radius 1 is 1.29 bits per heavy atom. The van der Waals surface area contributed by atoms with Crippen LogP contribution >= 0.6 is 0 Å². The van der Waals surface area contributed by atoms with E-state index in [9.17, 15) is 4.39 Å². The van der Waals surface area contributed by atoms with Crippen LogP contribution in [0.15, 0.2) is 28.8 Å². The minimum Gasteiger partial charge on any atom is -0.387 e. The molecule has 0 aliphatic carbocycles. The van der Waals surface area contributed by atoms with Crippen LogP contribution in [0.25, 0.3) is 0 Å². The van der Waals surface area contributed by atoms with Crippen molar-refractivity contribution in [2.75, 3.05) is 0 Å². The second kappa shape index (κ2) is 4.25. The van der Waals surface area contributed by atoms with Gasteiger partial charge < -0.3 is 9.63 Å². The summed E-state index contributed by atoms with van der Waals surface area (Å²) in [7, 11) is 0. The van der Waals surface area contributed by atoms with Crippen molar-refractivity contribution in [3.05, 3.63) is 47.4 Å². The number of benzene rings is 1. The molecule has 0 saturated carbocycles. The molecule has 0 atom stereocenters. The fourth-order valence-electron chi connectivity index (χ4n) is 1.57. The van der Waals surface area contributed by atoms with Crippen molar-refractivity contribution in [1.82, 2.24) is 10.1 Å². The van der Waals surface area contributed by atoms with Gasteiger partial charge in [0.05, 0.1) is 5.41 Å². The number of aromatic nitrogens is 2. The van der Waals surface area contributed by atoms with Gasteiger partial charge in [0.25, 0.3) is 5.89 Å². The molecule has 4 nitrogen and oxygen atoms in total. The van der Waals surface area contributed by atoms with E-state index < -0.39 is 5.41 Å². The van der Waals surface area contributed by atoms with Gasteiger partial charge in [0.2, 0.25) is 0 Å². The summed E-state index contributed by atoms with van der Waals surface area (Å²) >= 11 is 0. The number of hydrogen-bond acceptors (Lipinski definition) is 4. The highest BCUT2D eigenvalue weighted by Gasteiger charge is 2.28. The molecule has 17 heavy (non-hydrogen) atoms. The molecule has 1 heterocycles. The first-order valence-electron chi connectivity index (χ1n) is 5.24. The molecule has 1 aromatic carbocycles. The van der Waals surface area contributed by atoms with E-state index in [4.69, 9.17) is 9.63 Å². The molecule has 0 aliphatic heterocycles. The lowest BCUT2D eigenvalue weighted by Crippen LogP contribution is -2.20. The third-order valence-corrected chi connectivity index (χ3v) is 2.73. The zero-order valence-corrected chi connectivity index (χ0v) is 9.64. The van der Waals surface area contributed by atoms with Crippen molar-refractivity contribution in [2.45, 2.75) is 25.9 Å². The summed E-state index contributed by atoms with van der Waals surface area (Å²) in [4.78, 5) is 4.08. The molecule has 90 valence electrons. The lowest BCUT2D eigenvalue weighted by atomic mass is 9.84. The van der Waals surface area contributed by atoms with E-state index in [1.807, 2.05) is 13.8 Å². The molecule has 0 aliphatic rings. The minimum absolute atomic E-state index is 0.176. The highest BCUT2D eigenvalue weighted by molar-refractivity contribution is 5.30. The maximum absolute atomic E-state index is 12.9. The molecule has 0 spiro atoms. The predicted octanol–water partition coefficient (Wildman–Crippen LogP) is 2.03. The van der Waals surface area contributed by atoms with Gasteiger partial charge in [-0.3, -0.25) is 0 Å². The number of rotatable bonds is 3. The fraction of sp³-hybridized carbons (Fsp3) is 0.333. The Balaban J connectivity index is 2.37. The standard InChI is InChI=1S/C12H13FN2O2/c1-12(2,8-3-5-9(13)6-4-8)11-14-10(7-16)17-15-11/h3-6,16H,7H2,1-2H3. The van der Waals surface area contributed by atoms with Gasteiger partial charge in [0.1, 0.15) is 12.4 Å². The summed E-state index contributed by atoms with van der Waals surface area (Å²) in [6.07, 6.45) is 0. The Morgan fingerprint density at radius 3 is 2.47 bits per heavy atom. The third-order valence-electron chi connectivity index (χ3n) is 2.73. The first kappa shape index (κ1) is 11.7. The first-order chi connectivity index (χ1) is 8.04. The van der Waals surface area contributed by atoms with Gasteiger partial charge in [-0.1, -0.05) is 17.3 Å². The van der Waals surface area contributed by atoms with Gasteiger partial charge in [-0.15, -0.1) is 0 Å². The molecule has 0 unspecified atom stereocenters. The number of nitrogens with zero attached hydrogens (tertiary/aromatic N) is 2. The van der Waals surface area contributed by atoms with Crippen LogP contribution in [0.1, 0.15) is 31.1 Å². The Hall–Kier alpha value is -1.75. The molecule has 0 radical (unpaired) electrons. The van der Waals surface area contributed by atoms with E-state index in [2.05, 4.69) is 10.1 Å². The summed E-state index contributed by atoms with van der Waals surface area (Å²) in [6, 6.07) is 6.16. The van der Waals surface area contributed by atoms with Crippen molar-refractivity contribution in [3.63, 3.8) is 0 Å². The van der Waals surface area contributed by atoms with E-state index in [1.165, 1.54) is 12.1 Å². The number of hydrogen-bond donors (Lipinski definition) is 1. The molecular weight excluding hydrogens is 223 g/mol. The van der Waals surface area contributed by atoms with Gasteiger partial charge in [-0.2, -0.15) is 4.98 Å². The Morgan fingerprint density at radius 2 is 1.94 bits per heavy atom. The van der Waals surface area contributed by atoms with Gasteiger partial charge in [0.15, 0.2) is 5.82 Å². The molecule has 5 heteroatoms. The van der Waals surface area contributed by atoms with Crippen LogP contribution in [0.5, 0.6) is 0 Å². The van der Waals surface area contributed by atoms with Crippen molar-refractivity contribution in [3.8, 4) is 0 Å². The minimum atomic E-state index is -0.495. The van der Waals surface area contributed by atoms with Crippen molar-refractivity contribution in [1.29, 1.82) is 0 Å². The van der Waals surface area contributed by atoms with E-state index in [0.29, 0.717) is 5.82 Å². The lowest BCUT2D eigenvalue weighted by Gasteiger charge is -2.20. The highest BCUT2D eigenvalue weighted by atomic mass is 19.1. The number of halogens is 1. The molecule has 1 N–H and O–H groups in total. The Bertz CT molecular complexity index is 505. The SMILES string of the molecule is CC(C)(c1ccc(F)cc1)c1noc(CO)n1. The van der Waals surface area contributed by atoms with Gasteiger partial charge in [-0.25, -0.2) is 4.39 Å². The van der Waals surface area contributed by atoms with E-state index in [1.54, 1.807) is 12.1 Å². The highest BCUT2D eigenvalue weighted by Crippen LogP contribution is 2.29. The summed E-state index contributed by atoms with van der Waals surface area (Å²) in [6.45, 7) is 3.53. The van der Waals surface area contributed by atoms with Crippen LogP contribution in [-0.4, -0.2) is 15.2 Å². The molecule has 0 saturated heterocycles. The number of aliphatic hydroxyl groups excluding tert-OH is 1. The topological polar surface area (TPSA) is 59.2 Å². The number of aliphatic hydroxyl groups is 1. The Labute approximate surface area is 98.1 Å². The quantitative estimate of drug-likeness (QED) is 0.885. The van der Waals surface area contributed by atoms with E-state index in [-0.39, 0.29) is 18.3 Å². The molecule has 0 bridgehead atoms. The zero-order chi connectivity index (χ0) is 12.5. The van der Waals surface area contributed by atoms with Crippen LogP contribution in [0.3, 0.4) is 0 Å². The molecule has 0 fully saturated rings. The molecule has 2 rings (SSSR count). The summed E-state index contributed by atoms with van der Waals surface area (Å²) < 4.78 is 17.7. The van der Waals surface area contributed by atoms with Crippen LogP contribution in [0, 0.1) is 5.82 Å². The van der Waals surface area contributed by atoms with Crippen LogP contribution in [-0.2, 0) is 12.0 Å². The molecule has 2 aromatic rings. The maximum atomic E-state index is 12.9. The maximum Gasteiger partial charge on any atom is 0.252 e. The third kappa shape index (κ3) is 2.19. The van der Waals surface area contributed by atoms with Crippen molar-refractivity contribution >= 4 is 0 Å². The van der Waals surface area contributed by atoms with Crippen molar-refractivity contribution < 1.29 is 14.0 Å². The summed E-state index contributed by atoms with van der Waals surface area (Å²) in [5.41, 5.74) is 0.383. The molecular formula is C12H13FN2O2. The van der Waals surface area contributed by atoms with Gasteiger partial charge >= 0.3 is 0 Å². The van der Waals surface area contributed by atoms with Gasteiger partial charge in [0, 0.05) is 0 Å². The van der Waals surface area contributed by atoms with Gasteiger partial charge in [-0.05, 0) is 31.5 Å².